The zero-order valence-corrected chi connectivity index (χ0v) is 15.9. The third-order valence-corrected chi connectivity index (χ3v) is 5.78. The maximum absolute atomic E-state index is 13.2. The van der Waals surface area contributed by atoms with Crippen molar-refractivity contribution < 1.29 is 9.53 Å². The molecule has 1 unspecified atom stereocenters. The standard InChI is InChI=1S/C19H25N3O2S/c1-13(2)18-21-14(3)17(25-18)19(23)22(12-16-7-5-9-24-16)11-15-6-4-8-20-10-15/h4,6,8,10,13,16H,5,7,9,11-12H2,1-3H3. The van der Waals surface area contributed by atoms with Crippen molar-refractivity contribution in [3.05, 3.63) is 45.7 Å². The van der Waals surface area contributed by atoms with Gasteiger partial charge in [0.25, 0.3) is 5.91 Å². The first-order valence-corrected chi connectivity index (χ1v) is 9.63. The lowest BCUT2D eigenvalue weighted by Crippen LogP contribution is -2.36. The summed E-state index contributed by atoms with van der Waals surface area (Å²) < 4.78 is 5.76. The Morgan fingerprint density at radius 2 is 2.32 bits per heavy atom. The molecule has 1 aliphatic heterocycles. The Bertz CT molecular complexity index is 709. The van der Waals surface area contributed by atoms with E-state index in [1.807, 2.05) is 30.2 Å². The molecule has 25 heavy (non-hydrogen) atoms. The molecule has 0 radical (unpaired) electrons. The number of pyridine rings is 1. The van der Waals surface area contributed by atoms with Gasteiger partial charge in [-0.15, -0.1) is 11.3 Å². The molecule has 134 valence electrons. The van der Waals surface area contributed by atoms with Gasteiger partial charge < -0.3 is 9.64 Å². The van der Waals surface area contributed by atoms with Crippen LogP contribution in [0.15, 0.2) is 24.5 Å². The van der Waals surface area contributed by atoms with Crippen LogP contribution >= 0.6 is 11.3 Å². The maximum atomic E-state index is 13.2. The summed E-state index contributed by atoms with van der Waals surface area (Å²) in [4.78, 5) is 24.6. The van der Waals surface area contributed by atoms with Crippen LogP contribution in [-0.2, 0) is 11.3 Å². The SMILES string of the molecule is Cc1nc(C(C)C)sc1C(=O)N(Cc1cccnc1)CC1CCCO1. The van der Waals surface area contributed by atoms with Crippen LogP contribution in [0, 0.1) is 6.92 Å². The molecule has 2 aromatic rings. The van der Waals surface area contributed by atoms with Crippen LogP contribution in [0.1, 0.15) is 58.5 Å². The Morgan fingerprint density at radius 3 is 2.92 bits per heavy atom. The molecule has 1 atom stereocenters. The summed E-state index contributed by atoms with van der Waals surface area (Å²) in [7, 11) is 0. The van der Waals surface area contributed by atoms with Crippen LogP contribution in [0.2, 0.25) is 0 Å². The number of carbonyl (C=O) groups is 1. The number of nitrogens with zero attached hydrogens (tertiary/aromatic N) is 3. The second-order valence-corrected chi connectivity index (χ2v) is 7.83. The summed E-state index contributed by atoms with van der Waals surface area (Å²) in [6, 6.07) is 3.90. The van der Waals surface area contributed by atoms with E-state index in [2.05, 4.69) is 23.8 Å². The van der Waals surface area contributed by atoms with Crippen molar-refractivity contribution in [2.75, 3.05) is 13.2 Å². The molecule has 3 rings (SSSR count). The number of aromatic nitrogens is 2. The van der Waals surface area contributed by atoms with Crippen molar-refractivity contribution in [1.82, 2.24) is 14.9 Å². The Balaban J connectivity index is 1.83. The van der Waals surface area contributed by atoms with Crippen LogP contribution in [0.3, 0.4) is 0 Å². The molecule has 1 amide bonds. The third kappa shape index (κ3) is 4.44. The highest BCUT2D eigenvalue weighted by molar-refractivity contribution is 7.13. The molecule has 3 heterocycles. The molecular weight excluding hydrogens is 334 g/mol. The van der Waals surface area contributed by atoms with E-state index in [0.717, 1.165) is 40.6 Å². The van der Waals surface area contributed by atoms with Gasteiger partial charge in [-0.25, -0.2) is 4.98 Å². The predicted molar refractivity (Wildman–Crippen MR) is 98.9 cm³/mol. The molecule has 1 fully saturated rings. The zero-order valence-electron chi connectivity index (χ0n) is 15.1. The van der Waals surface area contributed by atoms with E-state index in [1.54, 1.807) is 6.20 Å². The number of thiazole rings is 1. The highest BCUT2D eigenvalue weighted by atomic mass is 32.1. The Hall–Kier alpha value is -1.79. The second-order valence-electron chi connectivity index (χ2n) is 6.80. The molecule has 5 nitrogen and oxygen atoms in total. The van der Waals surface area contributed by atoms with Crippen LogP contribution in [-0.4, -0.2) is 40.0 Å². The zero-order chi connectivity index (χ0) is 17.8. The minimum Gasteiger partial charge on any atom is -0.376 e. The van der Waals surface area contributed by atoms with Crippen molar-refractivity contribution in [2.24, 2.45) is 0 Å². The first-order chi connectivity index (χ1) is 12.0. The summed E-state index contributed by atoms with van der Waals surface area (Å²) in [6.45, 7) is 8.07. The number of ether oxygens (including phenoxy) is 1. The fourth-order valence-electron chi connectivity index (χ4n) is 2.97. The van der Waals surface area contributed by atoms with Gasteiger partial charge in [0, 0.05) is 38.0 Å². The monoisotopic (exact) mass is 359 g/mol. The first kappa shape index (κ1) is 18.0. The highest BCUT2D eigenvalue weighted by Gasteiger charge is 2.26. The molecule has 6 heteroatoms. The van der Waals surface area contributed by atoms with E-state index in [-0.39, 0.29) is 12.0 Å². The van der Waals surface area contributed by atoms with E-state index >= 15 is 0 Å². The van der Waals surface area contributed by atoms with Crippen LogP contribution in [0.4, 0.5) is 0 Å². The summed E-state index contributed by atoms with van der Waals surface area (Å²) in [5.74, 6) is 0.372. The number of hydrogen-bond donors (Lipinski definition) is 0. The summed E-state index contributed by atoms with van der Waals surface area (Å²) in [5.41, 5.74) is 1.85. The Labute approximate surface area is 153 Å². The van der Waals surface area contributed by atoms with Crippen molar-refractivity contribution in [3.8, 4) is 0 Å². The van der Waals surface area contributed by atoms with Gasteiger partial charge in [0.1, 0.15) is 4.88 Å². The van der Waals surface area contributed by atoms with Gasteiger partial charge >= 0.3 is 0 Å². The minimum absolute atomic E-state index is 0.0428. The van der Waals surface area contributed by atoms with E-state index in [4.69, 9.17) is 4.74 Å². The van der Waals surface area contributed by atoms with Crippen molar-refractivity contribution in [3.63, 3.8) is 0 Å². The summed E-state index contributed by atoms with van der Waals surface area (Å²) in [6.07, 6.45) is 5.76. The second kappa shape index (κ2) is 8.06. The molecule has 0 bridgehead atoms. The lowest BCUT2D eigenvalue weighted by molar-refractivity contribution is 0.0510. The number of hydrogen-bond acceptors (Lipinski definition) is 5. The maximum Gasteiger partial charge on any atom is 0.266 e. The van der Waals surface area contributed by atoms with Gasteiger partial charge in [0.2, 0.25) is 0 Å². The van der Waals surface area contributed by atoms with Crippen LogP contribution < -0.4 is 0 Å². The molecule has 0 spiro atoms. The van der Waals surface area contributed by atoms with Gasteiger partial charge in [0.05, 0.1) is 16.8 Å². The van der Waals surface area contributed by atoms with Crippen molar-refractivity contribution in [1.29, 1.82) is 0 Å². The number of amides is 1. The summed E-state index contributed by atoms with van der Waals surface area (Å²) in [5, 5.41) is 1.01. The molecule has 0 aromatic carbocycles. The van der Waals surface area contributed by atoms with Crippen LogP contribution in [0.25, 0.3) is 0 Å². The van der Waals surface area contributed by atoms with Crippen LogP contribution in [0.5, 0.6) is 0 Å². The molecule has 0 aliphatic carbocycles. The van der Waals surface area contributed by atoms with Gasteiger partial charge in [-0.2, -0.15) is 0 Å². The van der Waals surface area contributed by atoms with Gasteiger partial charge in [-0.3, -0.25) is 9.78 Å². The fraction of sp³-hybridized carbons (Fsp3) is 0.526. The van der Waals surface area contributed by atoms with Gasteiger partial charge in [0.15, 0.2) is 0 Å². The van der Waals surface area contributed by atoms with E-state index in [1.165, 1.54) is 11.3 Å². The molecule has 2 aromatic heterocycles. The fourth-order valence-corrected chi connectivity index (χ4v) is 4.01. The van der Waals surface area contributed by atoms with E-state index < -0.39 is 0 Å². The predicted octanol–water partition coefficient (Wildman–Crippen LogP) is 3.79. The largest absolute Gasteiger partial charge is 0.376 e. The van der Waals surface area contributed by atoms with E-state index in [0.29, 0.717) is 19.0 Å². The average Bonchev–Trinajstić information content (AvgIpc) is 3.24. The smallest absolute Gasteiger partial charge is 0.266 e. The molecule has 0 saturated carbocycles. The Morgan fingerprint density at radius 1 is 1.48 bits per heavy atom. The van der Waals surface area contributed by atoms with Gasteiger partial charge in [-0.05, 0) is 31.4 Å². The molecule has 0 N–H and O–H groups in total. The van der Waals surface area contributed by atoms with Gasteiger partial charge in [-0.1, -0.05) is 19.9 Å². The molecule has 1 saturated heterocycles. The summed E-state index contributed by atoms with van der Waals surface area (Å²) >= 11 is 1.51. The average molecular weight is 359 g/mol. The van der Waals surface area contributed by atoms with Crippen molar-refractivity contribution >= 4 is 17.2 Å². The lowest BCUT2D eigenvalue weighted by Gasteiger charge is -2.25. The Kier molecular flexibility index (Phi) is 5.81. The topological polar surface area (TPSA) is 55.3 Å². The molecule has 1 aliphatic rings. The molecular formula is C19H25N3O2S. The third-order valence-electron chi connectivity index (χ3n) is 4.33. The highest BCUT2D eigenvalue weighted by Crippen LogP contribution is 2.27. The number of carbonyl (C=O) groups excluding carboxylic acids is 1. The lowest BCUT2D eigenvalue weighted by atomic mass is 10.2. The van der Waals surface area contributed by atoms with Crippen molar-refractivity contribution in [2.45, 2.75) is 52.2 Å². The number of aryl methyl sites for hydroxylation is 1. The normalized spacial score (nSPS) is 17.2. The first-order valence-electron chi connectivity index (χ1n) is 8.81. The quantitative estimate of drug-likeness (QED) is 0.787. The number of rotatable bonds is 6. The minimum atomic E-state index is 0.0428. The van der Waals surface area contributed by atoms with E-state index in [9.17, 15) is 4.79 Å².